The Morgan fingerprint density at radius 1 is 0.784 bits per heavy atom. The van der Waals surface area contributed by atoms with E-state index in [1.54, 1.807) is 13.8 Å². The molecule has 216 valence electrons. The third-order valence-electron chi connectivity index (χ3n) is 6.03. The zero-order valence-electron chi connectivity index (χ0n) is 24.8. The quantitative estimate of drug-likeness (QED) is 0.121. The summed E-state index contributed by atoms with van der Waals surface area (Å²) in [6.45, 7) is 28.0. The zero-order chi connectivity index (χ0) is 28.5. The summed E-state index contributed by atoms with van der Waals surface area (Å²) in [6.07, 6.45) is 2.66. The highest BCUT2D eigenvalue weighted by Crippen LogP contribution is 2.16. The molecular formula is C29H54N2O6. The monoisotopic (exact) mass is 526 g/mol. The number of carbonyl (C=O) groups is 2. The summed E-state index contributed by atoms with van der Waals surface area (Å²) in [4.78, 5) is 23.0. The van der Waals surface area contributed by atoms with E-state index in [0.29, 0.717) is 37.6 Å². The first kappa shape index (κ1) is 35.3. The third kappa shape index (κ3) is 19.1. The third-order valence-corrected chi connectivity index (χ3v) is 6.03. The largest absolute Gasteiger partial charge is 0.462 e. The van der Waals surface area contributed by atoms with Crippen molar-refractivity contribution in [1.82, 2.24) is 10.6 Å². The number of esters is 2. The van der Waals surface area contributed by atoms with Crippen molar-refractivity contribution in [2.24, 2.45) is 11.8 Å². The van der Waals surface area contributed by atoms with Gasteiger partial charge in [-0.2, -0.15) is 0 Å². The second kappa shape index (κ2) is 18.5. The topological polar surface area (TPSA) is 95.1 Å². The molecule has 0 heterocycles. The van der Waals surface area contributed by atoms with Gasteiger partial charge in [0.25, 0.3) is 0 Å². The molecule has 0 saturated carbocycles. The van der Waals surface area contributed by atoms with Crippen LogP contribution in [-0.2, 0) is 28.5 Å². The second-order valence-electron chi connectivity index (χ2n) is 11.3. The number of rotatable bonds is 22. The maximum Gasteiger partial charge on any atom is 0.333 e. The lowest BCUT2D eigenvalue weighted by Crippen LogP contribution is -2.35. The molecule has 2 unspecified atom stereocenters. The average Bonchev–Trinajstić information content (AvgIpc) is 2.82. The van der Waals surface area contributed by atoms with Crippen LogP contribution in [0.1, 0.15) is 74.7 Å². The molecule has 0 aliphatic rings. The standard InChI is InChI=1S/C29H54N2O6/c1-11-25(21-35-27(33)23(4)5)19-31-15-13-29(9,10)37-17-16-36-28(7,8)12-14-30-18-24(6)20-34-26(32)22(2)3/h24-25,30-31H,2,4,11-21H2,1,3,5-10H3. The molecule has 0 bridgehead atoms. The van der Waals surface area contributed by atoms with Gasteiger partial charge in [-0.05, 0) is 73.9 Å². The predicted molar refractivity (Wildman–Crippen MR) is 150 cm³/mol. The van der Waals surface area contributed by atoms with Gasteiger partial charge in [0.15, 0.2) is 0 Å². The fraction of sp³-hybridized carbons (Fsp3) is 0.793. The number of hydrogen-bond donors (Lipinski definition) is 2. The molecule has 0 aromatic carbocycles. The molecule has 0 fully saturated rings. The van der Waals surface area contributed by atoms with E-state index in [4.69, 9.17) is 18.9 Å². The fourth-order valence-electron chi connectivity index (χ4n) is 3.25. The number of nitrogens with one attached hydrogen (secondary N) is 2. The molecule has 8 heteroatoms. The van der Waals surface area contributed by atoms with Crippen LogP contribution in [0.5, 0.6) is 0 Å². The van der Waals surface area contributed by atoms with E-state index >= 15 is 0 Å². The summed E-state index contributed by atoms with van der Waals surface area (Å²) in [5, 5.41) is 6.86. The molecule has 0 aliphatic heterocycles. The first-order valence-electron chi connectivity index (χ1n) is 13.5. The average molecular weight is 527 g/mol. The molecule has 0 radical (unpaired) electrons. The minimum atomic E-state index is -0.341. The van der Waals surface area contributed by atoms with Gasteiger partial charge in [-0.3, -0.25) is 0 Å². The fourth-order valence-corrected chi connectivity index (χ4v) is 3.25. The summed E-state index contributed by atoms with van der Waals surface area (Å²) in [7, 11) is 0. The van der Waals surface area contributed by atoms with Crippen LogP contribution in [0.3, 0.4) is 0 Å². The zero-order valence-corrected chi connectivity index (χ0v) is 24.8. The molecule has 0 aromatic heterocycles. The Balaban J connectivity index is 4.01. The molecular weight excluding hydrogens is 472 g/mol. The Morgan fingerprint density at radius 3 is 1.65 bits per heavy atom. The first-order valence-corrected chi connectivity index (χ1v) is 13.5. The van der Waals surface area contributed by atoms with Crippen molar-refractivity contribution in [1.29, 1.82) is 0 Å². The van der Waals surface area contributed by atoms with Crippen LogP contribution in [0.4, 0.5) is 0 Å². The van der Waals surface area contributed by atoms with Gasteiger partial charge in [0.1, 0.15) is 0 Å². The lowest BCUT2D eigenvalue weighted by atomic mass is 10.0. The normalized spacial score (nSPS) is 13.6. The number of hydrogen-bond acceptors (Lipinski definition) is 8. The van der Waals surface area contributed by atoms with Gasteiger partial charge < -0.3 is 29.6 Å². The summed E-state index contributed by atoms with van der Waals surface area (Å²) in [6, 6.07) is 0. The molecule has 2 atom stereocenters. The van der Waals surface area contributed by atoms with Gasteiger partial charge in [0.2, 0.25) is 0 Å². The maximum absolute atomic E-state index is 11.6. The van der Waals surface area contributed by atoms with Crippen LogP contribution >= 0.6 is 0 Å². The molecule has 2 N–H and O–H groups in total. The molecule has 37 heavy (non-hydrogen) atoms. The lowest BCUT2D eigenvalue weighted by Gasteiger charge is -2.29. The van der Waals surface area contributed by atoms with Crippen molar-refractivity contribution in [2.45, 2.75) is 85.9 Å². The number of carbonyl (C=O) groups excluding carboxylic acids is 2. The molecule has 0 rings (SSSR count). The van der Waals surface area contributed by atoms with E-state index in [9.17, 15) is 9.59 Å². The minimum Gasteiger partial charge on any atom is -0.462 e. The lowest BCUT2D eigenvalue weighted by molar-refractivity contribution is -0.141. The van der Waals surface area contributed by atoms with Crippen LogP contribution in [-0.4, -0.2) is 75.7 Å². The summed E-state index contributed by atoms with van der Waals surface area (Å²) in [5.41, 5.74) is 0.320. The van der Waals surface area contributed by atoms with Crippen molar-refractivity contribution in [3.63, 3.8) is 0 Å². The van der Waals surface area contributed by atoms with Crippen LogP contribution in [0.25, 0.3) is 0 Å². The Kier molecular flexibility index (Phi) is 17.6. The van der Waals surface area contributed by atoms with Gasteiger partial charge in [-0.1, -0.05) is 27.0 Å². The molecule has 0 aromatic rings. The van der Waals surface area contributed by atoms with Gasteiger partial charge in [0, 0.05) is 36.1 Å². The highest BCUT2D eigenvalue weighted by atomic mass is 16.5. The van der Waals surface area contributed by atoms with Gasteiger partial charge in [-0.15, -0.1) is 0 Å². The highest BCUT2D eigenvalue weighted by molar-refractivity contribution is 5.87. The van der Waals surface area contributed by atoms with E-state index in [0.717, 1.165) is 45.4 Å². The van der Waals surface area contributed by atoms with Crippen molar-refractivity contribution in [3.8, 4) is 0 Å². The molecule has 8 nitrogen and oxygen atoms in total. The van der Waals surface area contributed by atoms with Crippen LogP contribution in [0, 0.1) is 11.8 Å². The van der Waals surface area contributed by atoms with Gasteiger partial charge in [0.05, 0.1) is 37.6 Å². The Morgan fingerprint density at radius 2 is 1.22 bits per heavy atom. The maximum atomic E-state index is 11.6. The van der Waals surface area contributed by atoms with Crippen molar-refractivity contribution >= 4 is 11.9 Å². The minimum absolute atomic E-state index is 0.226. The molecule has 0 aliphatic carbocycles. The Hall–Kier alpha value is -1.74. The van der Waals surface area contributed by atoms with E-state index in [2.05, 4.69) is 58.4 Å². The SMILES string of the molecule is C=C(C)C(=O)OCC(C)CNCCC(C)(C)OCCOC(C)(C)CCNCC(CC)COC(=O)C(=C)C. The number of ether oxygens (including phenoxy) is 4. The van der Waals surface area contributed by atoms with Crippen molar-refractivity contribution < 1.29 is 28.5 Å². The summed E-state index contributed by atoms with van der Waals surface area (Å²) in [5.74, 6) is -0.167. The van der Waals surface area contributed by atoms with E-state index in [-0.39, 0.29) is 35.0 Å². The highest BCUT2D eigenvalue weighted by Gasteiger charge is 2.21. The Labute approximate surface area is 225 Å². The van der Waals surface area contributed by atoms with E-state index < -0.39 is 0 Å². The van der Waals surface area contributed by atoms with Crippen LogP contribution < -0.4 is 10.6 Å². The summed E-state index contributed by atoms with van der Waals surface area (Å²) >= 11 is 0. The first-order chi connectivity index (χ1) is 17.2. The van der Waals surface area contributed by atoms with E-state index in [1.165, 1.54) is 0 Å². The van der Waals surface area contributed by atoms with Gasteiger partial charge in [-0.25, -0.2) is 9.59 Å². The van der Waals surface area contributed by atoms with Crippen molar-refractivity contribution in [3.05, 3.63) is 24.3 Å². The smallest absolute Gasteiger partial charge is 0.333 e. The second-order valence-corrected chi connectivity index (χ2v) is 11.3. The van der Waals surface area contributed by atoms with E-state index in [1.807, 2.05) is 6.92 Å². The van der Waals surface area contributed by atoms with Gasteiger partial charge >= 0.3 is 11.9 Å². The molecule has 0 saturated heterocycles. The van der Waals surface area contributed by atoms with Crippen LogP contribution in [0.2, 0.25) is 0 Å². The molecule has 0 spiro atoms. The van der Waals surface area contributed by atoms with Crippen molar-refractivity contribution in [2.75, 3.05) is 52.6 Å². The summed E-state index contributed by atoms with van der Waals surface area (Å²) < 4.78 is 22.6. The molecule has 0 amide bonds. The predicted octanol–water partition coefficient (Wildman–Crippen LogP) is 4.44. The van der Waals surface area contributed by atoms with Crippen LogP contribution in [0.15, 0.2) is 24.3 Å². The Bertz CT molecular complexity index is 705.